The van der Waals surface area contributed by atoms with E-state index in [0.29, 0.717) is 12.5 Å². The lowest BCUT2D eigenvalue weighted by atomic mass is 9.95. The summed E-state index contributed by atoms with van der Waals surface area (Å²) in [5.74, 6) is -19.2. The Morgan fingerprint density at radius 1 is 0.636 bits per heavy atom. The highest BCUT2D eigenvalue weighted by molar-refractivity contribution is 5.71. The molecule has 0 bridgehead atoms. The van der Waals surface area contributed by atoms with Crippen molar-refractivity contribution in [2.45, 2.75) is 23.9 Å². The predicted molar refractivity (Wildman–Crippen MR) is 58.7 cm³/mol. The molecule has 0 nitrogen and oxygen atoms in total. The molecule has 0 aliphatic heterocycles. The summed E-state index contributed by atoms with van der Waals surface area (Å²) in [6, 6.07) is 5.20. The topological polar surface area (TPSA) is 0 Å². The third-order valence-corrected chi connectivity index (χ3v) is 3.13. The standard InChI is InChI=1S/C13H6F9/c14-10(15,11(16,17)12(18,19)13(20,21)22)9-5-7-3-1-2-4-8(7)6-9/h1-6H. The smallest absolute Gasteiger partial charge is 0.194 e. The van der Waals surface area contributed by atoms with Gasteiger partial charge in [-0.25, -0.2) is 0 Å². The lowest BCUT2D eigenvalue weighted by molar-refractivity contribution is -0.389. The summed E-state index contributed by atoms with van der Waals surface area (Å²) in [7, 11) is 0. The minimum atomic E-state index is -6.88. The highest BCUT2D eigenvalue weighted by atomic mass is 19.4. The van der Waals surface area contributed by atoms with Crippen LogP contribution in [0.15, 0.2) is 29.8 Å². The number of allylic oxidation sites excluding steroid dienone is 1. The van der Waals surface area contributed by atoms with Crippen molar-refractivity contribution in [1.82, 2.24) is 0 Å². The molecule has 0 saturated heterocycles. The van der Waals surface area contributed by atoms with Crippen LogP contribution in [-0.4, -0.2) is 23.9 Å². The summed E-state index contributed by atoms with van der Waals surface area (Å²) in [4.78, 5) is 0. The van der Waals surface area contributed by atoms with E-state index < -0.39 is 29.5 Å². The zero-order valence-electron chi connectivity index (χ0n) is 10.4. The minimum Gasteiger partial charge on any atom is -0.194 e. The highest BCUT2D eigenvalue weighted by Gasteiger charge is 2.82. The van der Waals surface area contributed by atoms with E-state index in [1.165, 1.54) is 24.3 Å². The maximum absolute atomic E-state index is 13.7. The first kappa shape index (κ1) is 16.7. The normalized spacial score (nSPS) is 16.5. The van der Waals surface area contributed by atoms with Crippen molar-refractivity contribution in [2.75, 3.05) is 0 Å². The van der Waals surface area contributed by atoms with Crippen LogP contribution in [0, 0.1) is 6.42 Å². The fourth-order valence-electron chi connectivity index (χ4n) is 1.89. The zero-order valence-corrected chi connectivity index (χ0v) is 10.4. The lowest BCUT2D eigenvalue weighted by Gasteiger charge is -2.34. The van der Waals surface area contributed by atoms with Crippen molar-refractivity contribution in [3.05, 3.63) is 47.4 Å². The molecule has 9 heteroatoms. The number of alkyl halides is 9. The Kier molecular flexibility index (Phi) is 3.54. The van der Waals surface area contributed by atoms with Gasteiger partial charge in [-0.05, 0) is 17.2 Å². The third-order valence-electron chi connectivity index (χ3n) is 3.13. The second kappa shape index (κ2) is 4.66. The maximum Gasteiger partial charge on any atom is 0.460 e. The molecule has 22 heavy (non-hydrogen) atoms. The van der Waals surface area contributed by atoms with Gasteiger partial charge in [-0.2, -0.15) is 39.5 Å². The Balaban J connectivity index is 2.44. The highest BCUT2D eigenvalue weighted by Crippen LogP contribution is 2.56. The second-order valence-corrected chi connectivity index (χ2v) is 4.59. The molecule has 1 aromatic carbocycles. The molecule has 0 spiro atoms. The molecule has 0 unspecified atom stereocenters. The molecule has 2 rings (SSSR count). The first-order chi connectivity index (χ1) is 9.82. The van der Waals surface area contributed by atoms with E-state index in [0.717, 1.165) is 0 Å². The molecule has 121 valence electrons. The van der Waals surface area contributed by atoms with Crippen LogP contribution in [0.1, 0.15) is 11.1 Å². The van der Waals surface area contributed by atoms with Crippen molar-refractivity contribution in [2.24, 2.45) is 0 Å². The summed E-state index contributed by atoms with van der Waals surface area (Å²) >= 11 is 0. The van der Waals surface area contributed by atoms with Gasteiger partial charge in [0.15, 0.2) is 0 Å². The number of hydrogen-bond acceptors (Lipinski definition) is 0. The second-order valence-electron chi connectivity index (χ2n) is 4.59. The molecule has 0 aromatic heterocycles. The molecular weight excluding hydrogens is 327 g/mol. The Hall–Kier alpha value is -1.67. The number of rotatable bonds is 3. The summed E-state index contributed by atoms with van der Waals surface area (Å²) in [6.07, 6.45) is -5.91. The van der Waals surface area contributed by atoms with Gasteiger partial charge in [0.25, 0.3) is 0 Å². The predicted octanol–water partition coefficient (Wildman–Crippen LogP) is 5.10. The van der Waals surface area contributed by atoms with E-state index in [9.17, 15) is 39.5 Å². The van der Waals surface area contributed by atoms with E-state index >= 15 is 0 Å². The van der Waals surface area contributed by atoms with E-state index in [4.69, 9.17) is 0 Å². The summed E-state index contributed by atoms with van der Waals surface area (Å²) < 4.78 is 116. The van der Waals surface area contributed by atoms with Crippen LogP contribution < -0.4 is 0 Å². The average Bonchev–Trinajstić information content (AvgIpc) is 2.81. The van der Waals surface area contributed by atoms with Gasteiger partial charge in [0, 0.05) is 12.0 Å². The molecule has 1 radical (unpaired) electrons. The summed E-state index contributed by atoms with van der Waals surface area (Å²) in [5, 5.41) is 0. The first-order valence-corrected chi connectivity index (χ1v) is 5.68. The van der Waals surface area contributed by atoms with Crippen LogP contribution in [0.3, 0.4) is 0 Å². The fraction of sp³-hybridized carbons (Fsp3) is 0.308. The van der Waals surface area contributed by atoms with Crippen LogP contribution in [0.4, 0.5) is 39.5 Å². The van der Waals surface area contributed by atoms with Crippen LogP contribution in [0.5, 0.6) is 0 Å². The van der Waals surface area contributed by atoms with E-state index in [2.05, 4.69) is 0 Å². The van der Waals surface area contributed by atoms with Crippen LogP contribution in [0.25, 0.3) is 6.08 Å². The SMILES string of the molecule is FC(F)(F)C(F)(F)C(F)(F)C(F)(F)C1=Cc2ccccc2[CH]1. The molecule has 1 aromatic rings. The Labute approximate surface area is 118 Å². The molecule has 0 atom stereocenters. The zero-order chi connectivity index (χ0) is 17.0. The number of hydrogen-bond donors (Lipinski definition) is 0. The van der Waals surface area contributed by atoms with Crippen molar-refractivity contribution in [1.29, 1.82) is 0 Å². The Morgan fingerprint density at radius 3 is 1.59 bits per heavy atom. The van der Waals surface area contributed by atoms with Gasteiger partial charge < -0.3 is 0 Å². The number of fused-ring (bicyclic) bond motifs is 1. The monoisotopic (exact) mass is 333 g/mol. The minimum absolute atomic E-state index is 0.0169. The van der Waals surface area contributed by atoms with Gasteiger partial charge in [0.05, 0.1) is 0 Å². The van der Waals surface area contributed by atoms with Crippen molar-refractivity contribution >= 4 is 6.08 Å². The van der Waals surface area contributed by atoms with Gasteiger partial charge in [0.2, 0.25) is 0 Å². The largest absolute Gasteiger partial charge is 0.460 e. The van der Waals surface area contributed by atoms with Gasteiger partial charge in [-0.15, -0.1) is 0 Å². The number of benzene rings is 1. The molecule has 0 fully saturated rings. The van der Waals surface area contributed by atoms with Gasteiger partial charge in [-0.3, -0.25) is 0 Å². The average molecular weight is 333 g/mol. The van der Waals surface area contributed by atoms with Crippen LogP contribution in [-0.2, 0) is 0 Å². The van der Waals surface area contributed by atoms with Crippen LogP contribution >= 0.6 is 0 Å². The van der Waals surface area contributed by atoms with Crippen molar-refractivity contribution in [3.8, 4) is 0 Å². The fourth-order valence-corrected chi connectivity index (χ4v) is 1.89. The van der Waals surface area contributed by atoms with Gasteiger partial charge in [0.1, 0.15) is 0 Å². The lowest BCUT2D eigenvalue weighted by Crippen LogP contribution is -2.61. The summed E-state index contributed by atoms with van der Waals surface area (Å²) in [5.41, 5.74) is -1.57. The molecule has 0 heterocycles. The Bertz CT molecular complexity index is 610. The third kappa shape index (κ3) is 2.17. The molecule has 1 aliphatic rings. The number of halogens is 9. The Morgan fingerprint density at radius 2 is 1.14 bits per heavy atom. The summed E-state index contributed by atoms with van der Waals surface area (Å²) in [6.45, 7) is 0. The van der Waals surface area contributed by atoms with E-state index in [-0.39, 0.29) is 11.1 Å². The van der Waals surface area contributed by atoms with Gasteiger partial charge >= 0.3 is 23.9 Å². The molecular formula is C13H6F9. The quantitative estimate of drug-likeness (QED) is 0.675. The molecule has 0 amide bonds. The molecule has 0 saturated carbocycles. The molecule has 1 aliphatic carbocycles. The van der Waals surface area contributed by atoms with E-state index in [1.54, 1.807) is 0 Å². The van der Waals surface area contributed by atoms with Crippen molar-refractivity contribution in [3.63, 3.8) is 0 Å². The van der Waals surface area contributed by atoms with Gasteiger partial charge in [-0.1, -0.05) is 24.3 Å². The molecule has 0 N–H and O–H groups in total. The first-order valence-electron chi connectivity index (χ1n) is 5.68. The van der Waals surface area contributed by atoms with Crippen molar-refractivity contribution < 1.29 is 39.5 Å². The van der Waals surface area contributed by atoms with Crippen LogP contribution in [0.2, 0.25) is 0 Å². The maximum atomic E-state index is 13.7. The van der Waals surface area contributed by atoms with E-state index in [1.807, 2.05) is 0 Å².